The molecule has 1 aliphatic carbocycles. The highest BCUT2D eigenvalue weighted by molar-refractivity contribution is 9.10. The van der Waals surface area contributed by atoms with Gasteiger partial charge in [-0.05, 0) is 43.9 Å². The first kappa shape index (κ1) is 13.7. The smallest absolute Gasteiger partial charge is 0.128 e. The van der Waals surface area contributed by atoms with E-state index < -0.39 is 0 Å². The summed E-state index contributed by atoms with van der Waals surface area (Å²) in [5, 5.41) is 0. The predicted octanol–water partition coefficient (Wildman–Crippen LogP) is 3.98. The zero-order valence-corrected chi connectivity index (χ0v) is 11.8. The van der Waals surface area contributed by atoms with Crippen LogP contribution in [0, 0.1) is 5.82 Å². The predicted molar refractivity (Wildman–Crippen MR) is 75.3 cm³/mol. The standard InChI is InChI=1S/C14H18BrFN2/c15-11-7-8-13(16)12(9-11)14(18-17)10-5-3-1-2-4-6-10/h5,7-9,14,18H,1-4,6,17H2. The van der Waals surface area contributed by atoms with Crippen LogP contribution in [0.2, 0.25) is 0 Å². The van der Waals surface area contributed by atoms with Crippen LogP contribution in [0.1, 0.15) is 43.7 Å². The molecule has 0 aromatic heterocycles. The van der Waals surface area contributed by atoms with Crippen molar-refractivity contribution in [1.29, 1.82) is 0 Å². The highest BCUT2D eigenvalue weighted by Crippen LogP contribution is 2.31. The summed E-state index contributed by atoms with van der Waals surface area (Å²) in [7, 11) is 0. The Balaban J connectivity index is 2.32. The molecule has 4 heteroatoms. The van der Waals surface area contributed by atoms with Gasteiger partial charge in [-0.1, -0.05) is 34.0 Å². The number of nitrogens with two attached hydrogens (primary N) is 1. The summed E-state index contributed by atoms with van der Waals surface area (Å²) in [5.41, 5.74) is 4.57. The summed E-state index contributed by atoms with van der Waals surface area (Å²) in [6, 6.07) is 4.75. The molecule has 0 amide bonds. The lowest BCUT2D eigenvalue weighted by Crippen LogP contribution is -2.30. The van der Waals surface area contributed by atoms with E-state index in [9.17, 15) is 4.39 Å². The zero-order chi connectivity index (χ0) is 13.0. The Kier molecular flexibility index (Phi) is 4.92. The zero-order valence-electron chi connectivity index (χ0n) is 10.3. The lowest BCUT2D eigenvalue weighted by Gasteiger charge is -2.20. The van der Waals surface area contributed by atoms with Crippen LogP contribution in [-0.4, -0.2) is 0 Å². The lowest BCUT2D eigenvalue weighted by molar-refractivity contribution is 0.541. The molecule has 1 aliphatic rings. The molecule has 0 radical (unpaired) electrons. The van der Waals surface area contributed by atoms with Gasteiger partial charge in [-0.25, -0.2) is 9.82 Å². The minimum atomic E-state index is -0.222. The van der Waals surface area contributed by atoms with Crippen LogP contribution in [0.4, 0.5) is 4.39 Å². The van der Waals surface area contributed by atoms with Crippen LogP contribution in [-0.2, 0) is 0 Å². The molecule has 1 aromatic rings. The second-order valence-corrected chi connectivity index (χ2v) is 5.56. The van der Waals surface area contributed by atoms with Gasteiger partial charge in [0.1, 0.15) is 5.82 Å². The van der Waals surface area contributed by atoms with E-state index in [1.54, 1.807) is 12.1 Å². The topological polar surface area (TPSA) is 38.0 Å². The van der Waals surface area contributed by atoms with Gasteiger partial charge in [0.05, 0.1) is 6.04 Å². The average molecular weight is 313 g/mol. The summed E-state index contributed by atoms with van der Waals surface area (Å²) in [6.45, 7) is 0. The summed E-state index contributed by atoms with van der Waals surface area (Å²) in [4.78, 5) is 0. The quantitative estimate of drug-likeness (QED) is 0.503. The Labute approximate surface area is 116 Å². The van der Waals surface area contributed by atoms with Crippen LogP contribution in [0.5, 0.6) is 0 Å². The van der Waals surface area contributed by atoms with Crippen LogP contribution >= 0.6 is 15.9 Å². The molecule has 0 heterocycles. The van der Waals surface area contributed by atoms with Crippen molar-refractivity contribution in [3.8, 4) is 0 Å². The summed E-state index contributed by atoms with van der Waals surface area (Å²) in [5.74, 6) is 5.42. The Bertz CT molecular complexity index is 445. The van der Waals surface area contributed by atoms with Crippen molar-refractivity contribution in [2.75, 3.05) is 0 Å². The van der Waals surface area contributed by atoms with Crippen molar-refractivity contribution in [3.05, 3.63) is 45.7 Å². The molecular weight excluding hydrogens is 295 g/mol. The maximum absolute atomic E-state index is 13.9. The summed E-state index contributed by atoms with van der Waals surface area (Å²) in [6.07, 6.45) is 7.85. The molecule has 1 atom stereocenters. The third-order valence-corrected chi connectivity index (χ3v) is 3.88. The van der Waals surface area contributed by atoms with E-state index in [1.807, 2.05) is 0 Å². The number of rotatable bonds is 3. The molecule has 2 rings (SSSR count). The van der Waals surface area contributed by atoms with Gasteiger partial charge in [-0.15, -0.1) is 0 Å². The first-order valence-electron chi connectivity index (χ1n) is 6.32. The van der Waals surface area contributed by atoms with Crippen LogP contribution in [0.25, 0.3) is 0 Å². The first-order chi connectivity index (χ1) is 8.72. The minimum Gasteiger partial charge on any atom is -0.271 e. The molecule has 18 heavy (non-hydrogen) atoms. The molecule has 0 spiro atoms. The van der Waals surface area contributed by atoms with Gasteiger partial charge >= 0.3 is 0 Å². The van der Waals surface area contributed by atoms with Gasteiger partial charge in [0, 0.05) is 10.0 Å². The minimum absolute atomic E-state index is 0.216. The van der Waals surface area contributed by atoms with Crippen molar-refractivity contribution in [2.24, 2.45) is 5.84 Å². The SMILES string of the molecule is NNC(C1=CCCCCC1)c1cc(Br)ccc1F. The van der Waals surface area contributed by atoms with E-state index >= 15 is 0 Å². The van der Waals surface area contributed by atoms with Crippen molar-refractivity contribution in [3.63, 3.8) is 0 Å². The van der Waals surface area contributed by atoms with Crippen LogP contribution < -0.4 is 11.3 Å². The molecule has 1 unspecified atom stereocenters. The second kappa shape index (κ2) is 6.45. The van der Waals surface area contributed by atoms with E-state index in [0.29, 0.717) is 5.56 Å². The maximum Gasteiger partial charge on any atom is 0.128 e. The number of hydrazine groups is 1. The molecular formula is C14H18BrFN2. The van der Waals surface area contributed by atoms with Crippen molar-refractivity contribution < 1.29 is 4.39 Å². The number of benzene rings is 1. The Morgan fingerprint density at radius 2 is 2.11 bits per heavy atom. The van der Waals surface area contributed by atoms with Crippen molar-refractivity contribution in [2.45, 2.75) is 38.1 Å². The fourth-order valence-electron chi connectivity index (χ4n) is 2.43. The lowest BCUT2D eigenvalue weighted by atomic mass is 9.95. The van der Waals surface area contributed by atoms with Gasteiger partial charge in [-0.2, -0.15) is 0 Å². The van der Waals surface area contributed by atoms with E-state index in [1.165, 1.54) is 24.5 Å². The monoisotopic (exact) mass is 312 g/mol. The number of hydrogen-bond acceptors (Lipinski definition) is 2. The molecule has 3 N–H and O–H groups in total. The molecule has 0 saturated carbocycles. The van der Waals surface area contributed by atoms with E-state index in [4.69, 9.17) is 5.84 Å². The van der Waals surface area contributed by atoms with E-state index in [-0.39, 0.29) is 11.9 Å². The first-order valence-corrected chi connectivity index (χ1v) is 7.11. The largest absolute Gasteiger partial charge is 0.271 e. The van der Waals surface area contributed by atoms with Gasteiger partial charge < -0.3 is 0 Å². The van der Waals surface area contributed by atoms with Crippen LogP contribution in [0.15, 0.2) is 34.3 Å². The molecule has 0 saturated heterocycles. The van der Waals surface area contributed by atoms with Crippen LogP contribution in [0.3, 0.4) is 0 Å². The number of allylic oxidation sites excluding steroid dienone is 1. The summed E-state index contributed by atoms with van der Waals surface area (Å²) < 4.78 is 14.8. The third-order valence-electron chi connectivity index (χ3n) is 3.38. The third kappa shape index (κ3) is 3.19. The Morgan fingerprint density at radius 1 is 1.28 bits per heavy atom. The van der Waals surface area contributed by atoms with Gasteiger partial charge in [-0.3, -0.25) is 5.84 Å². The number of nitrogens with one attached hydrogen (secondary N) is 1. The van der Waals surface area contributed by atoms with Crippen molar-refractivity contribution in [1.82, 2.24) is 5.43 Å². The number of hydrogen-bond donors (Lipinski definition) is 2. The molecule has 0 aliphatic heterocycles. The highest BCUT2D eigenvalue weighted by atomic mass is 79.9. The Hall–Kier alpha value is -0.710. The molecule has 1 aromatic carbocycles. The molecule has 98 valence electrons. The highest BCUT2D eigenvalue weighted by Gasteiger charge is 2.19. The molecule has 0 bridgehead atoms. The number of halogens is 2. The normalized spacial score (nSPS) is 18.1. The van der Waals surface area contributed by atoms with E-state index in [2.05, 4.69) is 27.4 Å². The average Bonchev–Trinajstić information content (AvgIpc) is 2.64. The second-order valence-electron chi connectivity index (χ2n) is 4.64. The fraction of sp³-hybridized carbons (Fsp3) is 0.429. The molecule has 2 nitrogen and oxygen atoms in total. The van der Waals surface area contributed by atoms with E-state index in [0.717, 1.165) is 23.7 Å². The van der Waals surface area contributed by atoms with Gasteiger partial charge in [0.2, 0.25) is 0 Å². The maximum atomic E-state index is 13.9. The van der Waals surface area contributed by atoms with Crippen molar-refractivity contribution >= 4 is 15.9 Å². The Morgan fingerprint density at radius 3 is 2.89 bits per heavy atom. The van der Waals surface area contributed by atoms with Gasteiger partial charge in [0.15, 0.2) is 0 Å². The van der Waals surface area contributed by atoms with Gasteiger partial charge in [0.25, 0.3) is 0 Å². The molecule has 0 fully saturated rings. The fourth-order valence-corrected chi connectivity index (χ4v) is 2.81. The summed E-state index contributed by atoms with van der Waals surface area (Å²) >= 11 is 3.38.